The predicted molar refractivity (Wildman–Crippen MR) is 121 cm³/mol. The Kier molecular flexibility index (Phi) is 6.05. The smallest absolute Gasteiger partial charge is 0.272 e. The van der Waals surface area contributed by atoms with Crippen molar-refractivity contribution in [3.63, 3.8) is 0 Å². The van der Waals surface area contributed by atoms with Crippen LogP contribution >= 0.6 is 11.3 Å². The zero-order chi connectivity index (χ0) is 20.9. The number of aliphatic imine (C=N–C) groups is 1. The number of rotatable bonds is 6. The van der Waals surface area contributed by atoms with E-state index < -0.39 is 6.17 Å². The highest BCUT2D eigenvalue weighted by atomic mass is 32.1. The molecule has 0 unspecified atom stereocenters. The molecule has 0 fully saturated rings. The highest BCUT2D eigenvalue weighted by molar-refractivity contribution is 7.09. The molecule has 5 nitrogen and oxygen atoms in total. The minimum Gasteiger partial charge on any atom is -0.327 e. The lowest BCUT2D eigenvalue weighted by atomic mass is 10.0. The summed E-state index contributed by atoms with van der Waals surface area (Å²) in [5.74, 6) is -0.416. The van der Waals surface area contributed by atoms with E-state index >= 15 is 0 Å². The van der Waals surface area contributed by atoms with E-state index in [1.165, 1.54) is 4.88 Å². The molecule has 0 saturated heterocycles. The van der Waals surface area contributed by atoms with E-state index in [2.05, 4.69) is 11.4 Å². The third kappa shape index (κ3) is 4.33. The van der Waals surface area contributed by atoms with Gasteiger partial charge in [-0.25, -0.2) is 4.99 Å². The summed E-state index contributed by atoms with van der Waals surface area (Å²) in [5.41, 5.74) is 3.26. The van der Waals surface area contributed by atoms with Crippen LogP contribution in [0.25, 0.3) is 0 Å². The van der Waals surface area contributed by atoms with Crippen LogP contribution in [0.1, 0.15) is 28.8 Å². The van der Waals surface area contributed by atoms with Crippen molar-refractivity contribution in [2.75, 3.05) is 11.9 Å². The standard InChI is InChI=1S/C24H23N3O2S/c1-27-20-14-6-5-13-19(20)22(17-9-3-2-4-10-17)26-23(24(27)29)25-21(28)15-7-11-18-12-8-16-30-18/h2-6,8-10,12-14,16,23H,7,11,15H2,1H3,(H,25,28)/t23-/m1/s1. The molecule has 2 aromatic carbocycles. The Morgan fingerprint density at radius 3 is 2.60 bits per heavy atom. The molecular weight excluding hydrogens is 394 g/mol. The molecule has 30 heavy (non-hydrogen) atoms. The summed E-state index contributed by atoms with van der Waals surface area (Å²) in [7, 11) is 1.72. The van der Waals surface area contributed by atoms with E-state index in [0.717, 1.165) is 29.7 Å². The Bertz CT molecular complexity index is 1060. The molecule has 1 aromatic heterocycles. The van der Waals surface area contributed by atoms with Gasteiger partial charge in [0.05, 0.1) is 11.4 Å². The van der Waals surface area contributed by atoms with Gasteiger partial charge in [0.1, 0.15) is 0 Å². The lowest BCUT2D eigenvalue weighted by molar-refractivity contribution is -0.127. The van der Waals surface area contributed by atoms with E-state index in [0.29, 0.717) is 12.1 Å². The topological polar surface area (TPSA) is 61.8 Å². The molecule has 0 bridgehead atoms. The number of amides is 2. The number of benzodiazepines with no additional fused rings is 1. The lowest BCUT2D eigenvalue weighted by Gasteiger charge is -2.20. The number of hydrogen-bond acceptors (Lipinski definition) is 4. The van der Waals surface area contributed by atoms with Crippen LogP contribution in [0.15, 0.2) is 77.1 Å². The molecule has 3 aromatic rings. The minimum atomic E-state index is -0.952. The van der Waals surface area contributed by atoms with Crippen molar-refractivity contribution in [2.24, 2.45) is 4.99 Å². The Labute approximate surface area is 180 Å². The van der Waals surface area contributed by atoms with Crippen LogP contribution in [0, 0.1) is 0 Å². The number of hydrogen-bond donors (Lipinski definition) is 1. The molecule has 0 radical (unpaired) electrons. The normalized spacial score (nSPS) is 15.9. The maximum Gasteiger partial charge on any atom is 0.272 e. The lowest BCUT2D eigenvalue weighted by Crippen LogP contribution is -2.46. The highest BCUT2D eigenvalue weighted by Crippen LogP contribution is 2.27. The van der Waals surface area contributed by atoms with Crippen LogP contribution in [-0.2, 0) is 16.0 Å². The number of carbonyl (C=O) groups excluding carboxylic acids is 2. The number of nitrogens with zero attached hydrogens (tertiary/aromatic N) is 2. The summed E-state index contributed by atoms with van der Waals surface area (Å²) in [4.78, 5) is 33.2. The van der Waals surface area contributed by atoms with Crippen LogP contribution in [0.5, 0.6) is 0 Å². The fourth-order valence-electron chi connectivity index (χ4n) is 3.55. The van der Waals surface area contributed by atoms with Crippen molar-refractivity contribution in [2.45, 2.75) is 25.4 Å². The average Bonchev–Trinajstić information content (AvgIpc) is 3.26. The van der Waals surface area contributed by atoms with Crippen molar-refractivity contribution in [3.05, 3.63) is 88.1 Å². The van der Waals surface area contributed by atoms with E-state index in [1.807, 2.05) is 66.0 Å². The Morgan fingerprint density at radius 2 is 1.83 bits per heavy atom. The molecule has 0 saturated carbocycles. The number of nitrogens with one attached hydrogen (secondary N) is 1. The van der Waals surface area contributed by atoms with E-state index in [9.17, 15) is 9.59 Å². The summed E-state index contributed by atoms with van der Waals surface area (Å²) in [6.07, 6.45) is 0.993. The molecule has 1 N–H and O–H groups in total. The fourth-order valence-corrected chi connectivity index (χ4v) is 4.30. The first-order valence-corrected chi connectivity index (χ1v) is 10.8. The van der Waals surface area contributed by atoms with Gasteiger partial charge in [0.15, 0.2) is 0 Å². The summed E-state index contributed by atoms with van der Waals surface area (Å²) >= 11 is 1.69. The SMILES string of the molecule is CN1C(=O)[C@H](NC(=O)CCCc2cccs2)N=C(c2ccccc2)c2ccccc21. The van der Waals surface area contributed by atoms with Crippen LogP contribution in [0.3, 0.4) is 0 Å². The number of benzene rings is 2. The van der Waals surface area contributed by atoms with Crippen molar-refractivity contribution in [1.82, 2.24) is 5.32 Å². The number of aryl methyl sites for hydroxylation is 1. The van der Waals surface area contributed by atoms with Gasteiger partial charge in [-0.05, 0) is 30.4 Å². The number of anilines is 1. The van der Waals surface area contributed by atoms with Gasteiger partial charge in [0.25, 0.3) is 5.91 Å². The van der Waals surface area contributed by atoms with Crippen LogP contribution < -0.4 is 10.2 Å². The van der Waals surface area contributed by atoms with Gasteiger partial charge in [0, 0.05) is 29.5 Å². The number of fused-ring (bicyclic) bond motifs is 1. The highest BCUT2D eigenvalue weighted by Gasteiger charge is 2.30. The van der Waals surface area contributed by atoms with Gasteiger partial charge < -0.3 is 10.2 Å². The van der Waals surface area contributed by atoms with Crippen LogP contribution in [-0.4, -0.2) is 30.7 Å². The van der Waals surface area contributed by atoms with Crippen molar-refractivity contribution >= 4 is 34.6 Å². The van der Waals surface area contributed by atoms with Crippen molar-refractivity contribution < 1.29 is 9.59 Å². The molecule has 2 amide bonds. The van der Waals surface area contributed by atoms with Gasteiger partial charge in [-0.3, -0.25) is 9.59 Å². The van der Waals surface area contributed by atoms with E-state index in [1.54, 1.807) is 23.3 Å². The van der Waals surface area contributed by atoms with Gasteiger partial charge >= 0.3 is 0 Å². The van der Waals surface area contributed by atoms with Crippen molar-refractivity contribution in [1.29, 1.82) is 0 Å². The van der Waals surface area contributed by atoms with Gasteiger partial charge in [-0.1, -0.05) is 54.6 Å². The predicted octanol–water partition coefficient (Wildman–Crippen LogP) is 4.03. The number of likely N-dealkylation sites (N-methyl/N-ethyl adjacent to an activating group) is 1. The van der Waals surface area contributed by atoms with Crippen molar-refractivity contribution in [3.8, 4) is 0 Å². The Balaban J connectivity index is 1.57. The summed E-state index contributed by atoms with van der Waals surface area (Å²) in [5, 5.41) is 4.87. The molecular formula is C24H23N3O2S. The van der Waals surface area contributed by atoms with Crippen LogP contribution in [0.4, 0.5) is 5.69 Å². The third-order valence-electron chi connectivity index (χ3n) is 5.10. The molecule has 1 aliphatic rings. The quantitative estimate of drug-likeness (QED) is 0.658. The summed E-state index contributed by atoms with van der Waals surface area (Å²) in [6.45, 7) is 0. The first kappa shape index (κ1) is 20.0. The maximum absolute atomic E-state index is 13.1. The minimum absolute atomic E-state index is 0.166. The Hall–Kier alpha value is -3.25. The molecule has 6 heteroatoms. The average molecular weight is 418 g/mol. The van der Waals surface area contributed by atoms with Gasteiger partial charge in [-0.2, -0.15) is 0 Å². The monoisotopic (exact) mass is 417 g/mol. The zero-order valence-electron chi connectivity index (χ0n) is 16.7. The Morgan fingerprint density at radius 1 is 1.07 bits per heavy atom. The zero-order valence-corrected chi connectivity index (χ0v) is 17.6. The molecule has 1 aliphatic heterocycles. The summed E-state index contributed by atoms with van der Waals surface area (Å²) < 4.78 is 0. The second-order valence-electron chi connectivity index (χ2n) is 7.16. The molecule has 0 aliphatic carbocycles. The molecule has 1 atom stereocenters. The third-order valence-corrected chi connectivity index (χ3v) is 6.03. The number of carbonyl (C=O) groups is 2. The summed E-state index contributed by atoms with van der Waals surface area (Å²) in [6, 6.07) is 21.5. The first-order chi connectivity index (χ1) is 14.6. The maximum atomic E-state index is 13.1. The molecule has 0 spiro atoms. The van der Waals surface area contributed by atoms with Gasteiger partial charge in [0.2, 0.25) is 12.1 Å². The van der Waals surface area contributed by atoms with Crippen LogP contribution in [0.2, 0.25) is 0 Å². The number of thiophene rings is 1. The fraction of sp³-hybridized carbons (Fsp3) is 0.208. The molecule has 152 valence electrons. The number of para-hydroxylation sites is 1. The second-order valence-corrected chi connectivity index (χ2v) is 8.19. The second kappa shape index (κ2) is 9.05. The van der Waals surface area contributed by atoms with Gasteiger partial charge in [-0.15, -0.1) is 11.3 Å². The molecule has 4 rings (SSSR count). The van der Waals surface area contributed by atoms with E-state index in [4.69, 9.17) is 4.99 Å². The first-order valence-electron chi connectivity index (χ1n) is 9.95. The molecule has 2 heterocycles. The van der Waals surface area contributed by atoms with E-state index in [-0.39, 0.29) is 11.8 Å². The largest absolute Gasteiger partial charge is 0.327 e.